The maximum atomic E-state index is 3.66. The normalized spacial score (nSPS) is 40.4. The molecule has 2 rings (SSSR count). The van der Waals surface area contributed by atoms with Crippen LogP contribution in [0.4, 0.5) is 0 Å². The Morgan fingerprint density at radius 1 is 1.00 bits per heavy atom. The Balaban J connectivity index is 1.91. The Hall–Kier alpha value is -0.0400. The van der Waals surface area contributed by atoms with Crippen molar-refractivity contribution in [3.8, 4) is 0 Å². The number of hydrogen-bond acceptors (Lipinski definition) is 1. The van der Waals surface area contributed by atoms with Crippen LogP contribution in [0.1, 0.15) is 46.0 Å². The van der Waals surface area contributed by atoms with E-state index in [0.29, 0.717) is 0 Å². The molecule has 1 saturated carbocycles. The Morgan fingerprint density at radius 3 is 2.54 bits per heavy atom. The van der Waals surface area contributed by atoms with Crippen LogP contribution in [-0.4, -0.2) is 12.6 Å². The average molecular weight is 181 g/mol. The van der Waals surface area contributed by atoms with Gasteiger partial charge in [0.25, 0.3) is 0 Å². The van der Waals surface area contributed by atoms with E-state index in [1.54, 1.807) is 0 Å². The van der Waals surface area contributed by atoms with Crippen molar-refractivity contribution in [2.45, 2.75) is 52.0 Å². The lowest BCUT2D eigenvalue weighted by molar-refractivity contribution is 0.334. The Kier molecular flexibility index (Phi) is 2.92. The predicted molar refractivity (Wildman–Crippen MR) is 56.7 cm³/mol. The first kappa shape index (κ1) is 9.51. The molecular weight excluding hydrogens is 158 g/mol. The largest absolute Gasteiger partial charge is 0.314 e. The second-order valence-electron chi connectivity index (χ2n) is 5.27. The van der Waals surface area contributed by atoms with E-state index in [9.17, 15) is 0 Å². The summed E-state index contributed by atoms with van der Waals surface area (Å²) in [5, 5.41) is 3.66. The third-order valence-electron chi connectivity index (χ3n) is 4.19. The molecule has 1 nitrogen and oxygen atoms in total. The number of nitrogens with one attached hydrogen (secondary N) is 1. The summed E-state index contributed by atoms with van der Waals surface area (Å²) in [7, 11) is 0. The molecule has 3 atom stereocenters. The topological polar surface area (TPSA) is 12.0 Å². The van der Waals surface area contributed by atoms with E-state index in [1.165, 1.54) is 38.6 Å². The fourth-order valence-corrected chi connectivity index (χ4v) is 3.14. The fraction of sp³-hybridized carbons (Fsp3) is 1.00. The van der Waals surface area contributed by atoms with Gasteiger partial charge < -0.3 is 5.32 Å². The Bertz CT molecular complexity index is 151. The molecule has 1 heterocycles. The molecule has 0 amide bonds. The minimum Gasteiger partial charge on any atom is -0.314 e. The van der Waals surface area contributed by atoms with Crippen LogP contribution in [0.15, 0.2) is 0 Å². The van der Waals surface area contributed by atoms with Gasteiger partial charge in [0.15, 0.2) is 0 Å². The molecule has 0 spiro atoms. The van der Waals surface area contributed by atoms with Crippen LogP contribution in [0.3, 0.4) is 0 Å². The molecule has 1 saturated heterocycles. The van der Waals surface area contributed by atoms with Crippen molar-refractivity contribution < 1.29 is 0 Å². The van der Waals surface area contributed by atoms with Gasteiger partial charge in [0.2, 0.25) is 0 Å². The van der Waals surface area contributed by atoms with Gasteiger partial charge in [0.1, 0.15) is 0 Å². The molecule has 1 N–H and O–H groups in total. The van der Waals surface area contributed by atoms with Gasteiger partial charge in [0, 0.05) is 6.04 Å². The minimum absolute atomic E-state index is 0.878. The number of fused-ring (bicyclic) bond motifs is 1. The Labute approximate surface area is 82.3 Å². The summed E-state index contributed by atoms with van der Waals surface area (Å²) in [5.41, 5.74) is 0. The molecule has 0 aromatic rings. The van der Waals surface area contributed by atoms with Crippen LogP contribution in [0.5, 0.6) is 0 Å². The molecule has 2 fully saturated rings. The zero-order chi connectivity index (χ0) is 9.26. The van der Waals surface area contributed by atoms with Gasteiger partial charge >= 0.3 is 0 Å². The zero-order valence-electron chi connectivity index (χ0n) is 9.05. The van der Waals surface area contributed by atoms with E-state index in [1.807, 2.05) is 0 Å². The van der Waals surface area contributed by atoms with E-state index >= 15 is 0 Å². The van der Waals surface area contributed by atoms with Crippen molar-refractivity contribution >= 4 is 0 Å². The van der Waals surface area contributed by atoms with Gasteiger partial charge in [-0.1, -0.05) is 13.8 Å². The fourth-order valence-electron chi connectivity index (χ4n) is 3.14. The summed E-state index contributed by atoms with van der Waals surface area (Å²) in [6.07, 6.45) is 7.32. The van der Waals surface area contributed by atoms with Crippen molar-refractivity contribution in [2.75, 3.05) is 6.54 Å². The molecule has 0 bridgehead atoms. The number of hydrogen-bond donors (Lipinski definition) is 1. The summed E-state index contributed by atoms with van der Waals surface area (Å²) in [4.78, 5) is 0. The summed E-state index contributed by atoms with van der Waals surface area (Å²) in [5.74, 6) is 2.93. The Morgan fingerprint density at radius 2 is 1.77 bits per heavy atom. The van der Waals surface area contributed by atoms with Crippen molar-refractivity contribution in [3.05, 3.63) is 0 Å². The van der Waals surface area contributed by atoms with Gasteiger partial charge in [-0.2, -0.15) is 0 Å². The van der Waals surface area contributed by atoms with Gasteiger partial charge in [-0.25, -0.2) is 0 Å². The maximum absolute atomic E-state index is 3.66. The highest BCUT2D eigenvalue weighted by Crippen LogP contribution is 2.35. The summed E-state index contributed by atoms with van der Waals surface area (Å²) in [6.45, 7) is 6.06. The molecule has 3 unspecified atom stereocenters. The van der Waals surface area contributed by atoms with Crippen molar-refractivity contribution in [3.63, 3.8) is 0 Å². The lowest BCUT2D eigenvalue weighted by Crippen LogP contribution is -2.25. The van der Waals surface area contributed by atoms with E-state index in [2.05, 4.69) is 19.2 Å². The molecule has 2 aliphatic rings. The smallest absolute Gasteiger partial charge is 0.00959 e. The van der Waals surface area contributed by atoms with E-state index in [4.69, 9.17) is 0 Å². The molecule has 1 aliphatic heterocycles. The summed E-state index contributed by atoms with van der Waals surface area (Å²) >= 11 is 0. The summed E-state index contributed by atoms with van der Waals surface area (Å²) in [6, 6.07) is 0.878. The zero-order valence-corrected chi connectivity index (χ0v) is 9.05. The predicted octanol–water partition coefficient (Wildman–Crippen LogP) is 2.81. The second-order valence-corrected chi connectivity index (χ2v) is 5.27. The van der Waals surface area contributed by atoms with Crippen LogP contribution < -0.4 is 5.32 Å². The summed E-state index contributed by atoms with van der Waals surface area (Å²) < 4.78 is 0. The molecule has 0 aromatic carbocycles. The van der Waals surface area contributed by atoms with Crippen LogP contribution in [-0.2, 0) is 0 Å². The van der Waals surface area contributed by atoms with Gasteiger partial charge in [-0.3, -0.25) is 0 Å². The van der Waals surface area contributed by atoms with Gasteiger partial charge in [0.05, 0.1) is 0 Å². The lowest BCUT2D eigenvalue weighted by atomic mass is 9.88. The third-order valence-corrected chi connectivity index (χ3v) is 4.19. The van der Waals surface area contributed by atoms with Crippen LogP contribution in [0, 0.1) is 17.8 Å². The van der Waals surface area contributed by atoms with Crippen molar-refractivity contribution in [1.29, 1.82) is 0 Å². The molecule has 0 aromatic heterocycles. The van der Waals surface area contributed by atoms with Crippen LogP contribution in [0.25, 0.3) is 0 Å². The molecule has 76 valence electrons. The second kappa shape index (κ2) is 4.00. The van der Waals surface area contributed by atoms with Gasteiger partial charge in [-0.05, 0) is 56.4 Å². The lowest BCUT2D eigenvalue weighted by Gasteiger charge is -2.18. The highest BCUT2D eigenvalue weighted by molar-refractivity contribution is 4.87. The van der Waals surface area contributed by atoms with E-state index in [0.717, 1.165) is 23.8 Å². The first-order chi connectivity index (χ1) is 6.27. The van der Waals surface area contributed by atoms with Crippen LogP contribution in [0.2, 0.25) is 0 Å². The van der Waals surface area contributed by atoms with Crippen molar-refractivity contribution in [1.82, 2.24) is 5.32 Å². The van der Waals surface area contributed by atoms with E-state index in [-0.39, 0.29) is 0 Å². The molecule has 0 radical (unpaired) electrons. The average Bonchev–Trinajstić information content (AvgIpc) is 2.44. The molecule has 13 heavy (non-hydrogen) atoms. The standard InChI is InChI=1S/C12H23N/c1-9(2)10-3-4-11-7-8-13-12(11)6-5-10/h9-13H,3-8H2,1-2H3. The van der Waals surface area contributed by atoms with Crippen molar-refractivity contribution in [2.24, 2.45) is 17.8 Å². The van der Waals surface area contributed by atoms with E-state index < -0.39 is 0 Å². The third kappa shape index (κ3) is 2.07. The number of rotatable bonds is 1. The monoisotopic (exact) mass is 181 g/mol. The molecule has 1 aliphatic carbocycles. The first-order valence-corrected chi connectivity index (χ1v) is 6.00. The SMILES string of the molecule is CC(C)C1CCC2CCNC2CC1. The molecule has 1 heteroatoms. The molecular formula is C12H23N. The minimum atomic E-state index is 0.878. The first-order valence-electron chi connectivity index (χ1n) is 6.00. The van der Waals surface area contributed by atoms with Crippen LogP contribution >= 0.6 is 0 Å². The van der Waals surface area contributed by atoms with Gasteiger partial charge in [-0.15, -0.1) is 0 Å². The highest BCUT2D eigenvalue weighted by atomic mass is 14.9. The highest BCUT2D eigenvalue weighted by Gasteiger charge is 2.31. The maximum Gasteiger partial charge on any atom is 0.00959 e. The quantitative estimate of drug-likeness (QED) is 0.656.